The van der Waals surface area contributed by atoms with Crippen molar-refractivity contribution < 1.29 is 0 Å². The number of fused-ring (bicyclic) bond motifs is 1. The Kier molecular flexibility index (Phi) is 3.65. The summed E-state index contributed by atoms with van der Waals surface area (Å²) in [5.74, 6) is 0. The molecule has 1 atom stereocenters. The minimum Gasteiger partial charge on any atom is -0.320 e. The van der Waals surface area contributed by atoms with E-state index in [1.54, 1.807) is 0 Å². The molecule has 1 aliphatic carbocycles. The summed E-state index contributed by atoms with van der Waals surface area (Å²) in [5, 5.41) is 1.16. The van der Waals surface area contributed by atoms with Gasteiger partial charge >= 0.3 is 0 Å². The Morgan fingerprint density at radius 1 is 1.38 bits per heavy atom. The molecule has 2 N–H and O–H groups in total. The fraction of sp³-hybridized carbons (Fsp3) is 0.769. The van der Waals surface area contributed by atoms with Crippen molar-refractivity contribution >= 4 is 11.3 Å². The number of hydrogen-bond acceptors (Lipinski definition) is 3. The third-order valence-corrected chi connectivity index (χ3v) is 4.82. The quantitative estimate of drug-likeness (QED) is 0.799. The maximum Gasteiger partial charge on any atom is 0.113 e. The summed E-state index contributed by atoms with van der Waals surface area (Å²) >= 11 is 1.85. The molecule has 0 radical (unpaired) electrons. The zero-order chi connectivity index (χ0) is 11.6. The number of unbranched alkanes of at least 4 members (excludes halogenated alkanes) is 2. The normalized spacial score (nSPS) is 18.4. The Labute approximate surface area is 102 Å². The maximum absolute atomic E-state index is 6.39. The van der Waals surface area contributed by atoms with Crippen LogP contribution in [-0.4, -0.2) is 4.98 Å². The van der Waals surface area contributed by atoms with E-state index in [-0.39, 0.29) is 5.54 Å². The van der Waals surface area contributed by atoms with E-state index in [1.165, 1.54) is 42.7 Å². The molecule has 3 heteroatoms. The highest BCUT2D eigenvalue weighted by molar-refractivity contribution is 7.12. The summed E-state index contributed by atoms with van der Waals surface area (Å²) in [4.78, 5) is 6.22. The van der Waals surface area contributed by atoms with E-state index in [2.05, 4.69) is 13.8 Å². The topological polar surface area (TPSA) is 38.9 Å². The fourth-order valence-electron chi connectivity index (χ4n) is 2.28. The van der Waals surface area contributed by atoms with Crippen molar-refractivity contribution in [3.05, 3.63) is 15.6 Å². The second-order valence-electron chi connectivity index (χ2n) is 5.12. The number of aryl methyl sites for hydroxylation is 2. The lowest BCUT2D eigenvalue weighted by atomic mass is 9.96. The molecule has 1 aromatic heterocycles. The van der Waals surface area contributed by atoms with Crippen molar-refractivity contribution in [2.45, 2.75) is 64.3 Å². The smallest absolute Gasteiger partial charge is 0.113 e. The Morgan fingerprint density at radius 3 is 2.88 bits per heavy atom. The highest BCUT2D eigenvalue weighted by atomic mass is 32.1. The van der Waals surface area contributed by atoms with Crippen LogP contribution in [0, 0.1) is 0 Å². The van der Waals surface area contributed by atoms with Crippen molar-refractivity contribution in [2.75, 3.05) is 0 Å². The van der Waals surface area contributed by atoms with Crippen LogP contribution in [0.4, 0.5) is 0 Å². The molecule has 1 unspecified atom stereocenters. The Morgan fingerprint density at radius 2 is 2.19 bits per heavy atom. The van der Waals surface area contributed by atoms with Crippen LogP contribution in [-0.2, 0) is 18.4 Å². The fourth-order valence-corrected chi connectivity index (χ4v) is 3.52. The van der Waals surface area contributed by atoms with Gasteiger partial charge in [-0.3, -0.25) is 0 Å². The van der Waals surface area contributed by atoms with Crippen LogP contribution >= 0.6 is 11.3 Å². The van der Waals surface area contributed by atoms with Gasteiger partial charge < -0.3 is 5.73 Å². The zero-order valence-electron chi connectivity index (χ0n) is 10.4. The molecule has 0 fully saturated rings. The standard InChI is InChI=1S/C13H22N2S/c1-3-4-5-9-13(2,14)12-15-10-7-6-8-11(10)16-12/h3-9,14H2,1-2H3. The van der Waals surface area contributed by atoms with E-state index >= 15 is 0 Å². The highest BCUT2D eigenvalue weighted by Gasteiger charge is 2.27. The lowest BCUT2D eigenvalue weighted by Crippen LogP contribution is -2.32. The first-order chi connectivity index (χ1) is 7.63. The molecule has 1 aliphatic rings. The van der Waals surface area contributed by atoms with E-state index in [0.29, 0.717) is 0 Å². The van der Waals surface area contributed by atoms with Gasteiger partial charge in [-0.25, -0.2) is 4.98 Å². The van der Waals surface area contributed by atoms with Crippen molar-refractivity contribution in [1.82, 2.24) is 4.98 Å². The zero-order valence-corrected chi connectivity index (χ0v) is 11.2. The average Bonchev–Trinajstić information content (AvgIpc) is 2.76. The van der Waals surface area contributed by atoms with Gasteiger partial charge in [0.2, 0.25) is 0 Å². The second-order valence-corrected chi connectivity index (χ2v) is 6.20. The Balaban J connectivity index is 2.03. The van der Waals surface area contributed by atoms with E-state index < -0.39 is 0 Å². The summed E-state index contributed by atoms with van der Waals surface area (Å²) in [6.45, 7) is 4.36. The number of hydrogen-bond donors (Lipinski definition) is 1. The minimum atomic E-state index is -0.204. The van der Waals surface area contributed by atoms with Gasteiger partial charge in [-0.05, 0) is 32.6 Å². The Bertz CT molecular complexity index is 333. The number of nitrogens with two attached hydrogens (primary N) is 1. The highest BCUT2D eigenvalue weighted by Crippen LogP contribution is 2.34. The van der Waals surface area contributed by atoms with E-state index in [4.69, 9.17) is 10.7 Å². The van der Waals surface area contributed by atoms with Gasteiger partial charge in [-0.15, -0.1) is 11.3 Å². The van der Waals surface area contributed by atoms with Gasteiger partial charge in [0.15, 0.2) is 0 Å². The predicted molar refractivity (Wildman–Crippen MR) is 69.8 cm³/mol. The van der Waals surface area contributed by atoms with E-state index in [1.807, 2.05) is 11.3 Å². The van der Waals surface area contributed by atoms with E-state index in [9.17, 15) is 0 Å². The number of nitrogens with zero attached hydrogens (tertiary/aromatic N) is 1. The largest absolute Gasteiger partial charge is 0.320 e. The van der Waals surface area contributed by atoms with Crippen LogP contribution in [0.3, 0.4) is 0 Å². The third kappa shape index (κ3) is 2.46. The molecule has 90 valence electrons. The molecule has 1 heterocycles. The third-order valence-electron chi connectivity index (χ3n) is 3.38. The van der Waals surface area contributed by atoms with Gasteiger partial charge in [0.1, 0.15) is 5.01 Å². The molecule has 0 bridgehead atoms. The van der Waals surface area contributed by atoms with Crippen LogP contribution in [0.1, 0.15) is 61.5 Å². The molecular weight excluding hydrogens is 216 g/mol. The molecule has 0 spiro atoms. The van der Waals surface area contributed by atoms with Crippen LogP contribution < -0.4 is 5.73 Å². The number of thiazole rings is 1. The molecule has 0 aliphatic heterocycles. The molecule has 2 nitrogen and oxygen atoms in total. The van der Waals surface area contributed by atoms with E-state index in [0.717, 1.165) is 17.8 Å². The van der Waals surface area contributed by atoms with Crippen LogP contribution in [0.2, 0.25) is 0 Å². The summed E-state index contributed by atoms with van der Waals surface area (Å²) in [7, 11) is 0. The molecule has 0 amide bonds. The summed E-state index contributed by atoms with van der Waals surface area (Å²) in [6, 6.07) is 0. The SMILES string of the molecule is CCCCCC(C)(N)c1nc2c(s1)CCC2. The van der Waals surface area contributed by atoms with Crippen molar-refractivity contribution in [3.8, 4) is 0 Å². The molecule has 1 aromatic rings. The predicted octanol–water partition coefficient (Wildman–Crippen LogP) is 3.39. The summed E-state index contributed by atoms with van der Waals surface area (Å²) in [5.41, 5.74) is 7.51. The van der Waals surface area contributed by atoms with Gasteiger partial charge in [-0.1, -0.05) is 26.2 Å². The second kappa shape index (κ2) is 4.84. The molecular formula is C13H22N2S. The first-order valence-electron chi connectivity index (χ1n) is 6.41. The summed E-state index contributed by atoms with van der Waals surface area (Å²) < 4.78 is 0. The average molecular weight is 238 g/mol. The van der Waals surface area contributed by atoms with Gasteiger partial charge in [0, 0.05) is 4.88 Å². The van der Waals surface area contributed by atoms with Crippen LogP contribution in [0.25, 0.3) is 0 Å². The van der Waals surface area contributed by atoms with Crippen LogP contribution in [0.15, 0.2) is 0 Å². The van der Waals surface area contributed by atoms with Gasteiger partial charge in [0.05, 0.1) is 11.2 Å². The molecule has 2 rings (SSSR count). The molecule has 0 saturated carbocycles. The molecule has 0 saturated heterocycles. The first kappa shape index (κ1) is 12.1. The monoisotopic (exact) mass is 238 g/mol. The van der Waals surface area contributed by atoms with Crippen LogP contribution in [0.5, 0.6) is 0 Å². The summed E-state index contributed by atoms with van der Waals surface area (Å²) in [6.07, 6.45) is 8.48. The first-order valence-corrected chi connectivity index (χ1v) is 7.23. The molecule has 16 heavy (non-hydrogen) atoms. The number of aromatic nitrogens is 1. The lowest BCUT2D eigenvalue weighted by Gasteiger charge is -2.21. The van der Waals surface area contributed by atoms with Gasteiger partial charge in [-0.2, -0.15) is 0 Å². The maximum atomic E-state index is 6.39. The van der Waals surface area contributed by atoms with Crippen molar-refractivity contribution in [3.63, 3.8) is 0 Å². The molecule has 0 aromatic carbocycles. The number of rotatable bonds is 5. The van der Waals surface area contributed by atoms with Crippen molar-refractivity contribution in [1.29, 1.82) is 0 Å². The Hall–Kier alpha value is -0.410. The minimum absolute atomic E-state index is 0.204. The lowest BCUT2D eigenvalue weighted by molar-refractivity contribution is 0.424. The van der Waals surface area contributed by atoms with Gasteiger partial charge in [0.25, 0.3) is 0 Å². The van der Waals surface area contributed by atoms with Crippen molar-refractivity contribution in [2.24, 2.45) is 5.73 Å².